The van der Waals surface area contributed by atoms with Gasteiger partial charge in [0.25, 0.3) is 0 Å². The highest BCUT2D eigenvalue weighted by Gasteiger charge is 2.29. The van der Waals surface area contributed by atoms with Crippen molar-refractivity contribution in [3.63, 3.8) is 0 Å². The van der Waals surface area contributed by atoms with Crippen molar-refractivity contribution in [2.24, 2.45) is 5.92 Å². The van der Waals surface area contributed by atoms with Crippen molar-refractivity contribution in [1.82, 2.24) is 9.88 Å². The Morgan fingerprint density at radius 1 is 1.39 bits per heavy atom. The van der Waals surface area contributed by atoms with Gasteiger partial charge >= 0.3 is 0 Å². The van der Waals surface area contributed by atoms with Crippen LogP contribution in [0.5, 0.6) is 0 Å². The van der Waals surface area contributed by atoms with Gasteiger partial charge in [0.05, 0.1) is 0 Å². The highest BCUT2D eigenvalue weighted by molar-refractivity contribution is 5.91. The number of hydrogen-bond donors (Lipinski definition) is 0. The molecule has 1 aromatic carbocycles. The molecule has 1 aliphatic rings. The predicted molar refractivity (Wildman–Crippen MR) is 85.3 cm³/mol. The van der Waals surface area contributed by atoms with Crippen LogP contribution < -0.4 is 4.90 Å². The predicted octanol–water partition coefficient (Wildman–Crippen LogP) is 2.82. The number of amides is 1. The smallest absolute Gasteiger partial charge is 0.222 e. The first-order chi connectivity index (χ1) is 11.0. The van der Waals surface area contributed by atoms with Gasteiger partial charge in [0.15, 0.2) is 5.82 Å². The number of anilines is 1. The molecule has 2 aromatic rings. The summed E-state index contributed by atoms with van der Waals surface area (Å²) in [6.07, 6.45) is 2.04. The summed E-state index contributed by atoms with van der Waals surface area (Å²) in [5.74, 6) is -0.897. The molecular weight excluding hydrogens is 300 g/mol. The molecule has 6 heteroatoms. The molecule has 1 fully saturated rings. The first kappa shape index (κ1) is 15.6. The van der Waals surface area contributed by atoms with E-state index in [1.54, 1.807) is 6.07 Å². The van der Waals surface area contributed by atoms with Crippen molar-refractivity contribution in [3.8, 4) is 0 Å². The van der Waals surface area contributed by atoms with Crippen LogP contribution >= 0.6 is 0 Å². The van der Waals surface area contributed by atoms with Gasteiger partial charge in [-0.25, -0.2) is 8.78 Å². The largest absolute Gasteiger partial charge is 0.374 e. The van der Waals surface area contributed by atoms with Gasteiger partial charge in [0, 0.05) is 62.4 Å². The molecule has 0 aliphatic carbocycles. The Balaban J connectivity index is 1.87. The zero-order chi connectivity index (χ0) is 16.6. The van der Waals surface area contributed by atoms with E-state index >= 15 is 0 Å². The molecule has 0 saturated carbocycles. The Morgan fingerprint density at radius 2 is 2.17 bits per heavy atom. The van der Waals surface area contributed by atoms with E-state index in [0.717, 1.165) is 18.3 Å². The lowest BCUT2D eigenvalue weighted by Crippen LogP contribution is -2.29. The first-order valence-electron chi connectivity index (χ1n) is 7.72. The highest BCUT2D eigenvalue weighted by atomic mass is 19.1. The Bertz CT molecular complexity index is 750. The van der Waals surface area contributed by atoms with Crippen LogP contribution in [0.15, 0.2) is 24.4 Å². The average molecular weight is 319 g/mol. The van der Waals surface area contributed by atoms with E-state index in [1.807, 2.05) is 23.8 Å². The van der Waals surface area contributed by atoms with E-state index in [9.17, 15) is 13.6 Å². The second-order valence-electron chi connectivity index (χ2n) is 6.00. The molecule has 2 heterocycles. The summed E-state index contributed by atoms with van der Waals surface area (Å²) in [5.41, 5.74) is 0.879. The fraction of sp³-hybridized carbons (Fsp3) is 0.412. The first-order valence-corrected chi connectivity index (χ1v) is 7.72. The number of halogens is 2. The van der Waals surface area contributed by atoms with E-state index < -0.39 is 11.6 Å². The summed E-state index contributed by atoms with van der Waals surface area (Å²) in [6.45, 7) is 4.06. The molecule has 122 valence electrons. The van der Waals surface area contributed by atoms with Crippen LogP contribution in [-0.2, 0) is 4.79 Å². The number of pyridine rings is 1. The Hall–Kier alpha value is -2.24. The second kappa shape index (κ2) is 6.10. The lowest BCUT2D eigenvalue weighted by atomic mass is 10.1. The molecule has 1 unspecified atom stereocenters. The monoisotopic (exact) mass is 319 g/mol. The quantitative estimate of drug-likeness (QED) is 0.869. The summed E-state index contributed by atoms with van der Waals surface area (Å²) in [5, 5.41) is 0.448. The molecule has 1 atom stereocenters. The Labute approximate surface area is 133 Å². The fourth-order valence-corrected chi connectivity index (χ4v) is 3.26. The van der Waals surface area contributed by atoms with E-state index in [1.165, 1.54) is 12.3 Å². The van der Waals surface area contributed by atoms with Gasteiger partial charge in [0.1, 0.15) is 11.3 Å². The van der Waals surface area contributed by atoms with Crippen molar-refractivity contribution in [1.29, 1.82) is 0 Å². The molecule has 0 bridgehead atoms. The molecule has 1 aliphatic heterocycles. The van der Waals surface area contributed by atoms with Gasteiger partial charge in [-0.05, 0) is 19.1 Å². The molecular formula is C17H19F2N3O. The number of rotatable bonds is 4. The van der Waals surface area contributed by atoms with Crippen LogP contribution in [-0.4, -0.2) is 42.5 Å². The van der Waals surface area contributed by atoms with Gasteiger partial charge in [0.2, 0.25) is 5.91 Å². The van der Waals surface area contributed by atoms with E-state index in [0.29, 0.717) is 24.9 Å². The van der Waals surface area contributed by atoms with Crippen molar-refractivity contribution in [2.75, 3.05) is 31.6 Å². The summed E-state index contributed by atoms with van der Waals surface area (Å²) in [7, 11) is 1.87. The van der Waals surface area contributed by atoms with Gasteiger partial charge in [-0.15, -0.1) is 0 Å². The SMILES string of the molecule is CCN1CC(CN(C)c2ccnc3c(F)cc(F)cc23)CC1=O. The molecule has 0 N–H and O–H groups in total. The maximum Gasteiger partial charge on any atom is 0.222 e. The van der Waals surface area contributed by atoms with Gasteiger partial charge < -0.3 is 9.80 Å². The number of aromatic nitrogens is 1. The topological polar surface area (TPSA) is 36.4 Å². The maximum absolute atomic E-state index is 13.9. The maximum atomic E-state index is 13.9. The van der Waals surface area contributed by atoms with E-state index in [-0.39, 0.29) is 17.3 Å². The number of hydrogen-bond acceptors (Lipinski definition) is 3. The Morgan fingerprint density at radius 3 is 2.87 bits per heavy atom. The molecule has 3 rings (SSSR count). The van der Waals surface area contributed by atoms with E-state index in [4.69, 9.17) is 0 Å². The van der Waals surface area contributed by atoms with Crippen LogP contribution in [0.25, 0.3) is 10.9 Å². The third-order valence-corrected chi connectivity index (χ3v) is 4.36. The third-order valence-electron chi connectivity index (χ3n) is 4.36. The molecule has 1 aromatic heterocycles. The minimum atomic E-state index is -0.663. The third kappa shape index (κ3) is 2.98. The van der Waals surface area contributed by atoms with Crippen LogP contribution in [0.2, 0.25) is 0 Å². The fourth-order valence-electron chi connectivity index (χ4n) is 3.26. The summed E-state index contributed by atoms with van der Waals surface area (Å²) in [4.78, 5) is 19.6. The number of likely N-dealkylation sites (tertiary alicyclic amines) is 1. The molecule has 1 amide bonds. The molecule has 4 nitrogen and oxygen atoms in total. The second-order valence-corrected chi connectivity index (χ2v) is 6.00. The number of carbonyl (C=O) groups excluding carboxylic acids is 1. The molecule has 1 saturated heterocycles. The normalized spacial score (nSPS) is 18.0. The van der Waals surface area contributed by atoms with Gasteiger partial charge in [-0.1, -0.05) is 0 Å². The minimum Gasteiger partial charge on any atom is -0.374 e. The zero-order valence-corrected chi connectivity index (χ0v) is 13.2. The van der Waals surface area contributed by atoms with Crippen molar-refractivity contribution >= 4 is 22.5 Å². The lowest BCUT2D eigenvalue weighted by molar-refractivity contribution is -0.127. The van der Waals surface area contributed by atoms with Crippen LogP contribution in [0.4, 0.5) is 14.5 Å². The summed E-state index contributed by atoms with van der Waals surface area (Å²) >= 11 is 0. The van der Waals surface area contributed by atoms with Crippen LogP contribution in [0.3, 0.4) is 0 Å². The molecule has 23 heavy (non-hydrogen) atoms. The number of carbonyl (C=O) groups is 1. The lowest BCUT2D eigenvalue weighted by Gasteiger charge is -2.24. The Kier molecular flexibility index (Phi) is 4.15. The molecule has 0 spiro atoms. The minimum absolute atomic E-state index is 0.161. The standard InChI is InChI=1S/C17H19F2N3O/c1-3-22-10-11(6-16(22)23)9-21(2)15-4-5-20-17-13(15)7-12(18)8-14(17)19/h4-5,7-8,11H,3,6,9-10H2,1-2H3. The van der Waals surface area contributed by atoms with Crippen molar-refractivity contribution in [3.05, 3.63) is 36.0 Å². The highest BCUT2D eigenvalue weighted by Crippen LogP contribution is 2.29. The van der Waals surface area contributed by atoms with Crippen molar-refractivity contribution in [2.45, 2.75) is 13.3 Å². The zero-order valence-electron chi connectivity index (χ0n) is 13.2. The van der Waals surface area contributed by atoms with E-state index in [2.05, 4.69) is 4.98 Å². The van der Waals surface area contributed by atoms with Crippen molar-refractivity contribution < 1.29 is 13.6 Å². The van der Waals surface area contributed by atoms with Gasteiger partial charge in [-0.2, -0.15) is 0 Å². The summed E-state index contributed by atoms with van der Waals surface area (Å²) < 4.78 is 27.4. The molecule has 0 radical (unpaired) electrons. The van der Waals surface area contributed by atoms with Crippen LogP contribution in [0.1, 0.15) is 13.3 Å². The van der Waals surface area contributed by atoms with Crippen LogP contribution in [0, 0.1) is 17.6 Å². The number of fused-ring (bicyclic) bond motifs is 1. The number of benzene rings is 1. The average Bonchev–Trinajstić information content (AvgIpc) is 2.86. The summed E-state index contributed by atoms with van der Waals surface area (Å²) in [6, 6.07) is 3.89. The number of nitrogens with zero attached hydrogens (tertiary/aromatic N) is 3. The van der Waals surface area contributed by atoms with Gasteiger partial charge in [-0.3, -0.25) is 9.78 Å².